The molecule has 0 aromatic heterocycles. The number of β-amino-alcohol motifs (C(OH)–C–C–N with tert-alkyl or cyclic N) is 1. The third-order valence-corrected chi connectivity index (χ3v) is 4.92. The summed E-state index contributed by atoms with van der Waals surface area (Å²) in [6.07, 6.45) is -0.837. The van der Waals surface area contributed by atoms with E-state index in [-0.39, 0.29) is 17.9 Å². The molecule has 7 nitrogen and oxygen atoms in total. The normalized spacial score (nSPS) is 24.3. The Bertz CT molecular complexity index is 561. The average Bonchev–Trinajstić information content (AvgIpc) is 2.81. The summed E-state index contributed by atoms with van der Waals surface area (Å²) < 4.78 is 25.8. The number of hydrogen-bond donors (Lipinski definition) is 3. The van der Waals surface area contributed by atoms with Crippen LogP contribution in [0.1, 0.15) is 6.42 Å². The van der Waals surface area contributed by atoms with Gasteiger partial charge in [-0.3, -0.25) is 10.2 Å². The number of benzene rings is 1. The van der Waals surface area contributed by atoms with Crippen LogP contribution in [-0.4, -0.2) is 42.4 Å². The van der Waals surface area contributed by atoms with Crippen LogP contribution in [0.4, 0.5) is 0 Å². The first kappa shape index (κ1) is 13.9. The van der Waals surface area contributed by atoms with Crippen LogP contribution in [0.2, 0.25) is 0 Å². The fourth-order valence-electron chi connectivity index (χ4n) is 2.11. The van der Waals surface area contributed by atoms with Crippen molar-refractivity contribution in [3.63, 3.8) is 0 Å². The van der Waals surface area contributed by atoms with E-state index in [1.165, 1.54) is 12.1 Å². The van der Waals surface area contributed by atoms with Crippen LogP contribution in [0, 0.1) is 0 Å². The summed E-state index contributed by atoms with van der Waals surface area (Å²) in [5.41, 5.74) is 1.92. The van der Waals surface area contributed by atoms with Gasteiger partial charge in [-0.25, -0.2) is 14.3 Å². The van der Waals surface area contributed by atoms with E-state index in [1.54, 1.807) is 18.2 Å². The molecule has 8 heteroatoms. The Labute approximate surface area is 111 Å². The van der Waals surface area contributed by atoms with Crippen LogP contribution in [-0.2, 0) is 14.8 Å². The van der Waals surface area contributed by atoms with E-state index in [1.807, 2.05) is 5.43 Å². The molecule has 0 saturated carbocycles. The highest BCUT2D eigenvalue weighted by Crippen LogP contribution is 2.26. The number of carbonyl (C=O) groups excluding carboxylic acids is 1. The van der Waals surface area contributed by atoms with E-state index in [4.69, 9.17) is 5.84 Å². The fraction of sp³-hybridized carbons (Fsp3) is 0.364. The molecule has 1 saturated heterocycles. The van der Waals surface area contributed by atoms with E-state index in [2.05, 4.69) is 0 Å². The number of hydrazine groups is 1. The zero-order chi connectivity index (χ0) is 14.0. The number of nitrogens with two attached hydrogens (primary N) is 1. The summed E-state index contributed by atoms with van der Waals surface area (Å²) in [5.74, 6) is 4.41. The minimum atomic E-state index is -3.82. The zero-order valence-corrected chi connectivity index (χ0v) is 10.9. The van der Waals surface area contributed by atoms with Gasteiger partial charge in [0.2, 0.25) is 10.0 Å². The average molecular weight is 285 g/mol. The van der Waals surface area contributed by atoms with Gasteiger partial charge in [-0.15, -0.1) is 0 Å². The Balaban J connectivity index is 2.36. The smallest absolute Gasteiger partial charge is 0.252 e. The molecule has 0 unspecified atom stereocenters. The van der Waals surface area contributed by atoms with Gasteiger partial charge in [0.15, 0.2) is 0 Å². The second-order valence-corrected chi connectivity index (χ2v) is 6.19. The van der Waals surface area contributed by atoms with Crippen LogP contribution in [0.5, 0.6) is 0 Å². The third-order valence-electron chi connectivity index (χ3n) is 3.03. The largest absolute Gasteiger partial charge is 0.392 e. The Morgan fingerprint density at radius 3 is 2.58 bits per heavy atom. The van der Waals surface area contributed by atoms with Gasteiger partial charge in [-0.05, 0) is 12.1 Å². The molecule has 1 aliphatic rings. The molecule has 1 aromatic rings. The second-order valence-electron chi connectivity index (χ2n) is 4.30. The van der Waals surface area contributed by atoms with Crippen LogP contribution in [0.3, 0.4) is 0 Å². The first-order valence-corrected chi connectivity index (χ1v) is 7.16. The predicted molar refractivity (Wildman–Crippen MR) is 67.1 cm³/mol. The molecule has 0 radical (unpaired) electrons. The quantitative estimate of drug-likeness (QED) is 0.367. The van der Waals surface area contributed by atoms with Gasteiger partial charge in [0.1, 0.15) is 6.04 Å². The first-order chi connectivity index (χ1) is 8.96. The van der Waals surface area contributed by atoms with E-state index >= 15 is 0 Å². The molecule has 1 amide bonds. The van der Waals surface area contributed by atoms with Gasteiger partial charge in [0, 0.05) is 13.0 Å². The van der Waals surface area contributed by atoms with E-state index in [0.29, 0.717) is 0 Å². The molecule has 1 heterocycles. The summed E-state index contributed by atoms with van der Waals surface area (Å²) in [4.78, 5) is 11.7. The van der Waals surface area contributed by atoms with E-state index in [9.17, 15) is 18.3 Å². The maximum Gasteiger partial charge on any atom is 0.252 e. The maximum atomic E-state index is 12.4. The summed E-state index contributed by atoms with van der Waals surface area (Å²) in [7, 11) is -3.82. The highest BCUT2D eigenvalue weighted by Gasteiger charge is 2.43. The molecule has 19 heavy (non-hydrogen) atoms. The fourth-order valence-corrected chi connectivity index (χ4v) is 3.77. The lowest BCUT2D eigenvalue weighted by atomic mass is 10.2. The Morgan fingerprint density at radius 1 is 1.37 bits per heavy atom. The lowest BCUT2D eigenvalue weighted by Crippen LogP contribution is -2.47. The summed E-state index contributed by atoms with van der Waals surface area (Å²) >= 11 is 0. The minimum Gasteiger partial charge on any atom is -0.392 e. The van der Waals surface area contributed by atoms with E-state index < -0.39 is 28.1 Å². The van der Waals surface area contributed by atoms with Crippen LogP contribution < -0.4 is 11.3 Å². The van der Waals surface area contributed by atoms with Crippen molar-refractivity contribution in [3.05, 3.63) is 30.3 Å². The number of sulfonamides is 1. The molecule has 1 fully saturated rings. The molecule has 1 aromatic carbocycles. The SMILES string of the molecule is NNC(=O)[C@H]1C[C@@H](O)CN1S(=O)(=O)c1ccccc1. The molecular weight excluding hydrogens is 270 g/mol. The first-order valence-electron chi connectivity index (χ1n) is 5.72. The molecule has 4 N–H and O–H groups in total. The van der Waals surface area contributed by atoms with Crippen molar-refractivity contribution in [1.82, 2.24) is 9.73 Å². The Morgan fingerprint density at radius 2 is 2.00 bits per heavy atom. The van der Waals surface area contributed by atoms with Gasteiger partial charge in [-0.1, -0.05) is 18.2 Å². The van der Waals surface area contributed by atoms with Gasteiger partial charge in [0.25, 0.3) is 5.91 Å². The van der Waals surface area contributed by atoms with Crippen molar-refractivity contribution >= 4 is 15.9 Å². The number of nitrogens with zero attached hydrogens (tertiary/aromatic N) is 1. The summed E-state index contributed by atoms with van der Waals surface area (Å²) in [6.45, 7) is -0.116. The molecule has 0 bridgehead atoms. The zero-order valence-electron chi connectivity index (χ0n) is 10.1. The topological polar surface area (TPSA) is 113 Å². The standard InChI is InChI=1S/C11H15N3O4S/c12-13-11(16)10-6-8(15)7-14(10)19(17,18)9-4-2-1-3-5-9/h1-5,8,10,15H,6-7,12H2,(H,13,16)/t8-,10-/m1/s1. The number of carbonyl (C=O) groups is 1. The van der Waals surface area contributed by atoms with Gasteiger partial charge in [-0.2, -0.15) is 4.31 Å². The predicted octanol–water partition coefficient (Wildman–Crippen LogP) is -1.20. The molecule has 104 valence electrons. The molecular formula is C11H15N3O4S. The highest BCUT2D eigenvalue weighted by atomic mass is 32.2. The highest BCUT2D eigenvalue weighted by molar-refractivity contribution is 7.89. The van der Waals surface area contributed by atoms with Gasteiger partial charge < -0.3 is 5.11 Å². The Hall–Kier alpha value is -1.48. The van der Waals surface area contributed by atoms with Crippen molar-refractivity contribution in [1.29, 1.82) is 0 Å². The lowest BCUT2D eigenvalue weighted by molar-refractivity contribution is -0.124. The molecule has 2 rings (SSSR count). The van der Waals surface area contributed by atoms with Crippen molar-refractivity contribution in [2.24, 2.45) is 5.84 Å². The number of aliphatic hydroxyl groups is 1. The third kappa shape index (κ3) is 2.61. The van der Waals surface area contributed by atoms with Crippen molar-refractivity contribution < 1.29 is 18.3 Å². The summed E-state index contributed by atoms with van der Waals surface area (Å²) in [6, 6.07) is 6.79. The number of aliphatic hydroxyl groups excluding tert-OH is 1. The monoisotopic (exact) mass is 285 g/mol. The van der Waals surface area contributed by atoms with Crippen molar-refractivity contribution in [3.8, 4) is 0 Å². The number of nitrogens with one attached hydrogen (secondary N) is 1. The van der Waals surface area contributed by atoms with Crippen LogP contribution in [0.15, 0.2) is 35.2 Å². The van der Waals surface area contributed by atoms with Gasteiger partial charge in [0.05, 0.1) is 11.0 Å². The number of rotatable bonds is 3. The molecule has 0 spiro atoms. The van der Waals surface area contributed by atoms with Crippen molar-refractivity contribution in [2.45, 2.75) is 23.5 Å². The lowest BCUT2D eigenvalue weighted by Gasteiger charge is -2.22. The Kier molecular flexibility index (Phi) is 3.85. The minimum absolute atomic E-state index is 0.0368. The summed E-state index contributed by atoms with van der Waals surface area (Å²) in [5, 5.41) is 9.60. The van der Waals surface area contributed by atoms with Crippen LogP contribution in [0.25, 0.3) is 0 Å². The van der Waals surface area contributed by atoms with Crippen molar-refractivity contribution in [2.75, 3.05) is 6.54 Å². The molecule has 1 aliphatic heterocycles. The molecule has 2 atom stereocenters. The van der Waals surface area contributed by atoms with Crippen LogP contribution >= 0.6 is 0 Å². The van der Waals surface area contributed by atoms with Gasteiger partial charge >= 0.3 is 0 Å². The second kappa shape index (κ2) is 5.25. The number of hydrogen-bond acceptors (Lipinski definition) is 5. The number of amides is 1. The molecule has 0 aliphatic carbocycles. The van der Waals surface area contributed by atoms with E-state index in [0.717, 1.165) is 4.31 Å². The maximum absolute atomic E-state index is 12.4.